The van der Waals surface area contributed by atoms with E-state index in [0.29, 0.717) is 12.8 Å². The van der Waals surface area contributed by atoms with Gasteiger partial charge in [-0.15, -0.1) is 0 Å². The zero-order valence-corrected chi connectivity index (χ0v) is 27.1. The van der Waals surface area contributed by atoms with Crippen molar-refractivity contribution in [3.63, 3.8) is 0 Å². The van der Waals surface area contributed by atoms with Gasteiger partial charge in [0.25, 0.3) is 0 Å². The van der Waals surface area contributed by atoms with Crippen molar-refractivity contribution in [3.05, 3.63) is 0 Å². The first kappa shape index (κ1) is 37.6. The van der Waals surface area contributed by atoms with Gasteiger partial charge in [-0.1, -0.05) is 104 Å². The fourth-order valence-electron chi connectivity index (χ4n) is 4.45. The second kappa shape index (κ2) is 32.8. The summed E-state index contributed by atoms with van der Waals surface area (Å²) in [7, 11) is 0. The van der Waals surface area contributed by atoms with Gasteiger partial charge in [0.2, 0.25) is 11.8 Å². The Hall–Kier alpha value is -0.360. The molecule has 0 fully saturated rings. The normalized spacial score (nSPS) is 11.1. The lowest BCUT2D eigenvalue weighted by atomic mass is 10.1. The Labute approximate surface area is 246 Å². The molecule has 0 saturated carbocycles. The smallest absolute Gasteiger partial charge is 0.219 e. The zero-order chi connectivity index (χ0) is 27.8. The topological polar surface area (TPSA) is 58.2 Å². The fraction of sp³-hybridized carbons (Fsp3) is 0.938. The van der Waals surface area contributed by atoms with Gasteiger partial charge in [0.15, 0.2) is 0 Å². The summed E-state index contributed by atoms with van der Waals surface area (Å²) in [4.78, 5) is 23.8. The fourth-order valence-corrected chi connectivity index (χ4v) is 6.62. The molecular formula is C32H64N2O2S2. The van der Waals surface area contributed by atoms with E-state index in [4.69, 9.17) is 0 Å². The highest BCUT2D eigenvalue weighted by molar-refractivity contribution is 8.02. The third kappa shape index (κ3) is 31.9. The summed E-state index contributed by atoms with van der Waals surface area (Å²) < 4.78 is 0. The summed E-state index contributed by atoms with van der Waals surface area (Å²) in [6.45, 7) is 6.21. The minimum absolute atomic E-state index is 0.238. The van der Waals surface area contributed by atoms with Crippen LogP contribution in [0.1, 0.15) is 155 Å². The first-order valence-electron chi connectivity index (χ1n) is 16.4. The SMILES string of the molecule is CCCCCCCCCCNC(=O)CCCCCSCCSCCCCCC(=O)NCCCCCCCC. The van der Waals surface area contributed by atoms with Crippen molar-refractivity contribution < 1.29 is 9.59 Å². The van der Waals surface area contributed by atoms with Gasteiger partial charge >= 0.3 is 0 Å². The number of hydrogen-bond acceptors (Lipinski definition) is 4. The summed E-state index contributed by atoms with van der Waals surface area (Å²) in [6, 6.07) is 0. The van der Waals surface area contributed by atoms with Gasteiger partial charge in [-0.2, -0.15) is 23.5 Å². The average molecular weight is 573 g/mol. The molecule has 2 N–H and O–H groups in total. The number of amides is 2. The molecule has 0 unspecified atom stereocenters. The molecule has 226 valence electrons. The molecular weight excluding hydrogens is 508 g/mol. The predicted molar refractivity (Wildman–Crippen MR) is 174 cm³/mol. The van der Waals surface area contributed by atoms with Crippen molar-refractivity contribution in [1.82, 2.24) is 10.6 Å². The maximum Gasteiger partial charge on any atom is 0.219 e. The molecule has 0 atom stereocenters. The molecule has 0 radical (unpaired) electrons. The lowest BCUT2D eigenvalue weighted by molar-refractivity contribution is -0.122. The molecule has 4 nitrogen and oxygen atoms in total. The van der Waals surface area contributed by atoms with Crippen molar-refractivity contribution in [2.75, 3.05) is 36.1 Å². The highest BCUT2D eigenvalue weighted by Gasteiger charge is 2.02. The quantitative estimate of drug-likeness (QED) is 0.0813. The molecule has 0 aromatic rings. The zero-order valence-electron chi connectivity index (χ0n) is 25.4. The largest absolute Gasteiger partial charge is 0.356 e. The van der Waals surface area contributed by atoms with E-state index >= 15 is 0 Å². The number of unbranched alkanes of at least 4 members (excludes halogenated alkanes) is 16. The molecule has 0 rings (SSSR count). The van der Waals surface area contributed by atoms with Crippen LogP contribution in [-0.4, -0.2) is 47.9 Å². The maximum absolute atomic E-state index is 11.9. The van der Waals surface area contributed by atoms with E-state index in [1.807, 2.05) is 0 Å². The van der Waals surface area contributed by atoms with Gasteiger partial charge in [0.05, 0.1) is 0 Å². The minimum atomic E-state index is 0.238. The summed E-state index contributed by atoms with van der Waals surface area (Å²) in [5.74, 6) is 5.37. The molecule has 0 aliphatic rings. The van der Waals surface area contributed by atoms with Gasteiger partial charge in [-0.25, -0.2) is 0 Å². The Kier molecular flexibility index (Phi) is 32.5. The number of carbonyl (C=O) groups is 2. The van der Waals surface area contributed by atoms with Crippen LogP contribution in [0.25, 0.3) is 0 Å². The molecule has 0 heterocycles. The van der Waals surface area contributed by atoms with Crippen LogP contribution in [0.4, 0.5) is 0 Å². The number of nitrogens with one attached hydrogen (secondary N) is 2. The highest BCUT2D eigenvalue weighted by atomic mass is 32.2. The van der Waals surface area contributed by atoms with E-state index in [2.05, 4.69) is 48.0 Å². The van der Waals surface area contributed by atoms with Crippen molar-refractivity contribution in [1.29, 1.82) is 0 Å². The second-order valence-corrected chi connectivity index (χ2v) is 13.2. The van der Waals surface area contributed by atoms with Gasteiger partial charge in [0, 0.05) is 37.4 Å². The first-order chi connectivity index (χ1) is 18.7. The maximum atomic E-state index is 11.9. The Morgan fingerprint density at radius 1 is 0.421 bits per heavy atom. The summed E-state index contributed by atoms with van der Waals surface area (Å²) >= 11 is 4.10. The summed E-state index contributed by atoms with van der Waals surface area (Å²) in [6.07, 6.45) is 26.3. The van der Waals surface area contributed by atoms with Crippen molar-refractivity contribution in [2.45, 2.75) is 155 Å². The van der Waals surface area contributed by atoms with E-state index in [0.717, 1.165) is 51.6 Å². The molecule has 0 bridgehead atoms. The Morgan fingerprint density at radius 2 is 0.763 bits per heavy atom. The van der Waals surface area contributed by atoms with Gasteiger partial charge in [-0.3, -0.25) is 9.59 Å². The van der Waals surface area contributed by atoms with Crippen molar-refractivity contribution in [2.24, 2.45) is 0 Å². The van der Waals surface area contributed by atoms with E-state index in [-0.39, 0.29) is 11.8 Å². The van der Waals surface area contributed by atoms with E-state index in [1.54, 1.807) is 0 Å². The Morgan fingerprint density at radius 3 is 1.16 bits per heavy atom. The van der Waals surface area contributed by atoms with Crippen LogP contribution in [0.2, 0.25) is 0 Å². The third-order valence-electron chi connectivity index (χ3n) is 6.96. The van der Waals surface area contributed by atoms with E-state index < -0.39 is 0 Å². The molecule has 6 heteroatoms. The molecule has 38 heavy (non-hydrogen) atoms. The Bertz CT molecular complexity index is 506. The van der Waals surface area contributed by atoms with Crippen LogP contribution in [-0.2, 0) is 9.59 Å². The van der Waals surface area contributed by atoms with Crippen LogP contribution in [0, 0.1) is 0 Å². The minimum Gasteiger partial charge on any atom is -0.356 e. The number of carbonyl (C=O) groups excluding carboxylic acids is 2. The molecule has 2 amide bonds. The monoisotopic (exact) mass is 572 g/mol. The number of hydrogen-bond donors (Lipinski definition) is 2. The number of rotatable bonds is 31. The highest BCUT2D eigenvalue weighted by Crippen LogP contribution is 2.13. The van der Waals surface area contributed by atoms with Crippen LogP contribution in [0.3, 0.4) is 0 Å². The lowest BCUT2D eigenvalue weighted by Crippen LogP contribution is -2.23. The van der Waals surface area contributed by atoms with Crippen LogP contribution in [0.15, 0.2) is 0 Å². The molecule has 0 aromatic carbocycles. The first-order valence-corrected chi connectivity index (χ1v) is 18.7. The standard InChI is InChI=1S/C32H64N2O2S2/c1-3-5-7-9-11-12-14-20-26-34-32(36)24-18-16-22-28-38-30-29-37-27-21-15-17-23-31(35)33-25-19-13-10-8-6-4-2/h3-30H2,1-2H3,(H,33,35)(H,34,36). The van der Waals surface area contributed by atoms with Crippen molar-refractivity contribution in [3.8, 4) is 0 Å². The molecule has 0 aromatic heterocycles. The van der Waals surface area contributed by atoms with Crippen LogP contribution < -0.4 is 10.6 Å². The van der Waals surface area contributed by atoms with Gasteiger partial charge in [0.1, 0.15) is 0 Å². The molecule has 0 aliphatic heterocycles. The number of thioether (sulfide) groups is 2. The van der Waals surface area contributed by atoms with E-state index in [1.165, 1.54) is 113 Å². The lowest BCUT2D eigenvalue weighted by Gasteiger charge is -2.06. The van der Waals surface area contributed by atoms with Gasteiger partial charge in [-0.05, 0) is 50.0 Å². The average Bonchev–Trinajstić information content (AvgIpc) is 2.91. The molecule has 0 spiro atoms. The third-order valence-corrected chi connectivity index (χ3v) is 9.36. The predicted octanol–water partition coefficient (Wildman–Crippen LogP) is 9.31. The van der Waals surface area contributed by atoms with Crippen molar-refractivity contribution >= 4 is 35.3 Å². The Balaban J connectivity index is 3.20. The van der Waals surface area contributed by atoms with Crippen LogP contribution in [0.5, 0.6) is 0 Å². The van der Waals surface area contributed by atoms with Crippen LogP contribution >= 0.6 is 23.5 Å². The summed E-state index contributed by atoms with van der Waals surface area (Å²) in [5.41, 5.74) is 0. The summed E-state index contributed by atoms with van der Waals surface area (Å²) in [5, 5.41) is 6.17. The second-order valence-electron chi connectivity index (χ2n) is 10.8. The van der Waals surface area contributed by atoms with Gasteiger partial charge < -0.3 is 10.6 Å². The molecule has 0 saturated heterocycles. The molecule has 0 aliphatic carbocycles. The van der Waals surface area contributed by atoms with E-state index in [9.17, 15) is 9.59 Å².